The molecule has 0 aliphatic heterocycles. The molecule has 1 aromatic carbocycles. The molecule has 0 aliphatic carbocycles. The quantitative estimate of drug-likeness (QED) is 0.717. The average molecular weight is 283 g/mol. The van der Waals surface area contributed by atoms with Gasteiger partial charge in [0.2, 0.25) is 0 Å². The summed E-state index contributed by atoms with van der Waals surface area (Å²) >= 11 is 0. The van der Waals surface area contributed by atoms with Crippen LogP contribution < -0.4 is 0 Å². The van der Waals surface area contributed by atoms with Gasteiger partial charge in [0.05, 0.1) is 0 Å². The van der Waals surface area contributed by atoms with E-state index in [0.29, 0.717) is 5.92 Å². The summed E-state index contributed by atoms with van der Waals surface area (Å²) in [4.78, 5) is 0. The second-order valence-corrected chi connectivity index (χ2v) is 3.30. The maximum Gasteiger partial charge on any atom is 3.00 e. The van der Waals surface area contributed by atoms with Crippen LogP contribution in [0.2, 0.25) is 0 Å². The molecular formula is C14H23Zr. The normalized spacial score (nSPS) is 10.3. The van der Waals surface area contributed by atoms with Crippen molar-refractivity contribution < 1.29 is 26.2 Å². The van der Waals surface area contributed by atoms with E-state index in [1.54, 1.807) is 0 Å². The molecule has 0 bridgehead atoms. The van der Waals surface area contributed by atoms with Crippen LogP contribution in [0.15, 0.2) is 24.3 Å². The Balaban J connectivity index is -0.000000480. The summed E-state index contributed by atoms with van der Waals surface area (Å²) in [7, 11) is 0. The van der Waals surface area contributed by atoms with Crippen LogP contribution in [0.4, 0.5) is 0 Å². The third kappa shape index (κ3) is 6.30. The summed E-state index contributed by atoms with van der Waals surface area (Å²) in [6, 6.07) is 8.78. The number of benzene rings is 1. The van der Waals surface area contributed by atoms with Crippen molar-refractivity contribution in [1.82, 2.24) is 0 Å². The Hall–Kier alpha value is 0.103. The van der Waals surface area contributed by atoms with Gasteiger partial charge in [-0.2, -0.15) is 6.42 Å². The Kier molecular flexibility index (Phi) is 14.5. The van der Waals surface area contributed by atoms with Crippen LogP contribution in [-0.2, 0) is 32.6 Å². The number of hydrogen-bond donors (Lipinski definition) is 0. The van der Waals surface area contributed by atoms with Gasteiger partial charge in [0.25, 0.3) is 0 Å². The third-order valence-corrected chi connectivity index (χ3v) is 2.45. The second-order valence-electron chi connectivity index (χ2n) is 3.30. The standard InChI is InChI=1S/C12H17.2CH3.Zr/c1-4-10(3)12-8-6-11(5-2)7-9-12;;;/h6-10H,2,4-5H2,1,3H3;2*1H3;/q3*-1;+3. The van der Waals surface area contributed by atoms with E-state index in [2.05, 4.69) is 45.0 Å². The minimum Gasteiger partial charge on any atom is -0.358 e. The molecule has 0 amide bonds. The molecule has 15 heavy (non-hydrogen) atoms. The van der Waals surface area contributed by atoms with Crippen molar-refractivity contribution in [1.29, 1.82) is 0 Å². The molecule has 83 valence electrons. The Morgan fingerprint density at radius 1 is 1.13 bits per heavy atom. The minimum atomic E-state index is 0. The van der Waals surface area contributed by atoms with Gasteiger partial charge in [0.15, 0.2) is 0 Å². The summed E-state index contributed by atoms with van der Waals surface area (Å²) < 4.78 is 0. The minimum absolute atomic E-state index is 0. The van der Waals surface area contributed by atoms with Crippen LogP contribution >= 0.6 is 0 Å². The van der Waals surface area contributed by atoms with Crippen LogP contribution in [0, 0.1) is 21.8 Å². The van der Waals surface area contributed by atoms with Crippen molar-refractivity contribution in [2.24, 2.45) is 0 Å². The van der Waals surface area contributed by atoms with Gasteiger partial charge in [-0.05, 0) is 17.9 Å². The molecule has 1 unspecified atom stereocenters. The van der Waals surface area contributed by atoms with Crippen molar-refractivity contribution in [2.45, 2.75) is 32.6 Å². The zero-order valence-electron chi connectivity index (χ0n) is 10.5. The van der Waals surface area contributed by atoms with E-state index in [-0.39, 0.29) is 41.1 Å². The smallest absolute Gasteiger partial charge is 0.358 e. The van der Waals surface area contributed by atoms with Crippen molar-refractivity contribution in [2.75, 3.05) is 0 Å². The first-order valence-corrected chi connectivity index (χ1v) is 4.66. The predicted molar refractivity (Wildman–Crippen MR) is 67.0 cm³/mol. The molecule has 1 aromatic rings. The average Bonchev–Trinajstić information content (AvgIpc) is 2.17. The van der Waals surface area contributed by atoms with Crippen molar-refractivity contribution in [3.8, 4) is 0 Å². The number of hydrogen-bond acceptors (Lipinski definition) is 0. The van der Waals surface area contributed by atoms with Crippen LogP contribution in [0.3, 0.4) is 0 Å². The first-order valence-electron chi connectivity index (χ1n) is 4.66. The van der Waals surface area contributed by atoms with Gasteiger partial charge in [0, 0.05) is 0 Å². The molecule has 1 heteroatoms. The van der Waals surface area contributed by atoms with Crippen LogP contribution in [0.1, 0.15) is 37.3 Å². The van der Waals surface area contributed by atoms with Crippen molar-refractivity contribution in [3.05, 3.63) is 57.2 Å². The molecule has 0 fully saturated rings. The summed E-state index contributed by atoms with van der Waals surface area (Å²) in [6.07, 6.45) is 2.10. The molecule has 0 saturated heterocycles. The molecule has 0 aromatic heterocycles. The maximum atomic E-state index is 3.85. The molecule has 0 saturated carbocycles. The SMILES string of the molecule is [CH2-]Cc1ccc(C(C)CC)cc1.[CH3-].[CH3-].[Zr+3]. The van der Waals surface area contributed by atoms with Crippen molar-refractivity contribution >= 4 is 0 Å². The maximum absolute atomic E-state index is 3.85. The first-order chi connectivity index (χ1) is 5.77. The molecular weight excluding hydrogens is 259 g/mol. The summed E-state index contributed by atoms with van der Waals surface area (Å²) in [5.74, 6) is 0.684. The second kappa shape index (κ2) is 10.6. The van der Waals surface area contributed by atoms with E-state index >= 15 is 0 Å². The Bertz CT molecular complexity index is 226. The molecule has 0 nitrogen and oxygen atoms in total. The fourth-order valence-corrected chi connectivity index (χ4v) is 1.25. The Morgan fingerprint density at radius 2 is 1.60 bits per heavy atom. The molecule has 1 radical (unpaired) electrons. The summed E-state index contributed by atoms with van der Waals surface area (Å²) in [6.45, 7) is 8.34. The molecule has 0 N–H and O–H groups in total. The summed E-state index contributed by atoms with van der Waals surface area (Å²) in [5.41, 5.74) is 2.76. The zero-order valence-corrected chi connectivity index (χ0v) is 13.0. The monoisotopic (exact) mass is 281 g/mol. The third-order valence-electron chi connectivity index (χ3n) is 2.45. The molecule has 1 rings (SSSR count). The number of rotatable bonds is 3. The molecule has 0 spiro atoms. The molecule has 0 aliphatic rings. The van der Waals surface area contributed by atoms with Crippen LogP contribution in [-0.4, -0.2) is 0 Å². The fourth-order valence-electron chi connectivity index (χ4n) is 1.25. The van der Waals surface area contributed by atoms with Crippen molar-refractivity contribution in [3.63, 3.8) is 0 Å². The van der Waals surface area contributed by atoms with Gasteiger partial charge in [0.1, 0.15) is 0 Å². The van der Waals surface area contributed by atoms with E-state index in [1.807, 2.05) is 0 Å². The van der Waals surface area contributed by atoms with Gasteiger partial charge < -0.3 is 21.8 Å². The fraction of sp³-hybridized carbons (Fsp3) is 0.357. The Labute approximate surface area is 116 Å². The molecule has 1 atom stereocenters. The largest absolute Gasteiger partial charge is 3.00 e. The van der Waals surface area contributed by atoms with E-state index in [0.717, 1.165) is 6.42 Å². The van der Waals surface area contributed by atoms with Gasteiger partial charge in [-0.25, -0.2) is 0 Å². The van der Waals surface area contributed by atoms with Gasteiger partial charge in [-0.1, -0.05) is 43.7 Å². The van der Waals surface area contributed by atoms with Crippen LogP contribution in [0.5, 0.6) is 0 Å². The zero-order chi connectivity index (χ0) is 8.97. The topological polar surface area (TPSA) is 0 Å². The predicted octanol–water partition coefficient (Wildman–Crippen LogP) is 4.47. The van der Waals surface area contributed by atoms with Gasteiger partial charge >= 0.3 is 26.2 Å². The summed E-state index contributed by atoms with van der Waals surface area (Å²) in [5, 5.41) is 0. The van der Waals surface area contributed by atoms with E-state index in [1.165, 1.54) is 17.5 Å². The van der Waals surface area contributed by atoms with E-state index in [9.17, 15) is 0 Å². The Morgan fingerprint density at radius 3 is 1.93 bits per heavy atom. The van der Waals surface area contributed by atoms with E-state index < -0.39 is 0 Å². The first kappa shape index (κ1) is 20.5. The van der Waals surface area contributed by atoms with Gasteiger partial charge in [-0.3, -0.25) is 0 Å². The van der Waals surface area contributed by atoms with E-state index in [4.69, 9.17) is 0 Å². The van der Waals surface area contributed by atoms with Gasteiger partial charge in [-0.15, -0.1) is 0 Å². The molecule has 0 heterocycles. The van der Waals surface area contributed by atoms with Crippen LogP contribution in [0.25, 0.3) is 0 Å².